The Hall–Kier alpha value is -2.05. The Morgan fingerprint density at radius 3 is 2.85 bits per heavy atom. The van der Waals surface area contributed by atoms with Crippen molar-refractivity contribution in [3.8, 4) is 10.4 Å². The lowest BCUT2D eigenvalue weighted by molar-refractivity contribution is 0.454. The molecule has 4 heterocycles. The van der Waals surface area contributed by atoms with Gasteiger partial charge in [-0.1, -0.05) is 17.4 Å². The van der Waals surface area contributed by atoms with Crippen LogP contribution in [-0.4, -0.2) is 28.5 Å². The second kappa shape index (κ2) is 5.99. The molecule has 6 heteroatoms. The summed E-state index contributed by atoms with van der Waals surface area (Å²) < 4.78 is 17.0. The highest BCUT2D eigenvalue weighted by Crippen LogP contribution is 2.32. The van der Waals surface area contributed by atoms with E-state index in [2.05, 4.69) is 27.0 Å². The van der Waals surface area contributed by atoms with Crippen LogP contribution in [0.5, 0.6) is 0 Å². The van der Waals surface area contributed by atoms with Gasteiger partial charge in [-0.3, -0.25) is 9.39 Å². The molecule has 1 fully saturated rings. The normalized spacial score (nSPS) is 20.2. The number of benzene rings is 1. The first-order valence-corrected chi connectivity index (χ1v) is 10.00. The Balaban J connectivity index is 1.57. The molecule has 3 aromatic rings. The molecule has 0 spiro atoms. The second-order valence-electron chi connectivity index (χ2n) is 7.31. The standard InChI is InChI=1S/C20H21FN4S/c1-11-7-14-8-15(18(21)12(2)19(14)23-11)17-10-25-9-16(24-20(25)26-17)13-3-5-22-6-4-13/h7-11,13,22H,3-6H2,1-2H3. The van der Waals surface area contributed by atoms with E-state index in [1.165, 1.54) is 0 Å². The molecule has 4 nitrogen and oxygen atoms in total. The van der Waals surface area contributed by atoms with Crippen molar-refractivity contribution in [2.45, 2.75) is 38.6 Å². The average molecular weight is 368 g/mol. The van der Waals surface area contributed by atoms with Crippen LogP contribution in [0.15, 0.2) is 23.5 Å². The zero-order chi connectivity index (χ0) is 17.8. The summed E-state index contributed by atoms with van der Waals surface area (Å²) in [5, 5.41) is 5.23. The van der Waals surface area contributed by atoms with Crippen molar-refractivity contribution >= 4 is 22.4 Å². The molecule has 2 aromatic heterocycles. The maximum Gasteiger partial charge on any atom is 0.194 e. The maximum absolute atomic E-state index is 15.0. The Bertz CT molecular complexity index is 1090. The lowest BCUT2D eigenvalue weighted by atomic mass is 9.95. The van der Waals surface area contributed by atoms with Crippen LogP contribution in [0.25, 0.3) is 21.5 Å². The predicted octanol–water partition coefficient (Wildman–Crippen LogP) is 2.78. The van der Waals surface area contributed by atoms with Crippen molar-refractivity contribution in [3.63, 3.8) is 0 Å². The summed E-state index contributed by atoms with van der Waals surface area (Å²) in [6.45, 7) is 5.96. The van der Waals surface area contributed by atoms with Crippen LogP contribution < -0.4 is 15.9 Å². The number of hydrogen-bond donors (Lipinski definition) is 1. The van der Waals surface area contributed by atoms with Gasteiger partial charge in [0.1, 0.15) is 5.82 Å². The van der Waals surface area contributed by atoms with E-state index < -0.39 is 0 Å². The topological polar surface area (TPSA) is 41.7 Å². The number of nitrogens with one attached hydrogen (secondary N) is 1. The number of aromatic nitrogens is 2. The molecule has 2 aliphatic heterocycles. The quantitative estimate of drug-likeness (QED) is 0.756. The summed E-state index contributed by atoms with van der Waals surface area (Å²) in [5.74, 6) is 0.363. The molecular formula is C20H21FN4S. The molecule has 1 N–H and O–H groups in total. The van der Waals surface area contributed by atoms with Crippen molar-refractivity contribution in [2.24, 2.45) is 4.99 Å². The molecule has 1 aromatic carbocycles. The Morgan fingerprint density at radius 2 is 2.08 bits per heavy atom. The van der Waals surface area contributed by atoms with Gasteiger partial charge in [0.15, 0.2) is 4.96 Å². The van der Waals surface area contributed by atoms with Crippen molar-refractivity contribution < 1.29 is 4.39 Å². The first-order valence-electron chi connectivity index (χ1n) is 9.18. The highest BCUT2D eigenvalue weighted by atomic mass is 32.1. The molecule has 26 heavy (non-hydrogen) atoms. The highest BCUT2D eigenvalue weighted by molar-refractivity contribution is 7.20. The minimum atomic E-state index is -0.168. The van der Waals surface area contributed by atoms with Crippen molar-refractivity contribution in [3.05, 3.63) is 46.1 Å². The maximum atomic E-state index is 15.0. The minimum absolute atomic E-state index is 0.117. The Labute approximate surface area is 155 Å². The zero-order valence-electron chi connectivity index (χ0n) is 14.9. The molecular weight excluding hydrogens is 347 g/mol. The van der Waals surface area contributed by atoms with Gasteiger partial charge in [-0.2, -0.15) is 0 Å². The predicted molar refractivity (Wildman–Crippen MR) is 103 cm³/mol. The number of hydrogen-bond acceptors (Lipinski definition) is 4. The molecule has 5 rings (SSSR count). The average Bonchev–Trinajstić information content (AvgIpc) is 3.31. The van der Waals surface area contributed by atoms with Crippen LogP contribution >= 0.6 is 11.3 Å². The molecule has 0 radical (unpaired) electrons. The van der Waals surface area contributed by atoms with Gasteiger partial charge in [-0.25, -0.2) is 9.37 Å². The van der Waals surface area contributed by atoms with Crippen molar-refractivity contribution in [2.75, 3.05) is 13.1 Å². The largest absolute Gasteiger partial charge is 0.317 e. The number of piperidine rings is 1. The lowest BCUT2D eigenvalue weighted by Gasteiger charge is -2.20. The van der Waals surface area contributed by atoms with Crippen LogP contribution in [0.2, 0.25) is 0 Å². The van der Waals surface area contributed by atoms with E-state index in [1.54, 1.807) is 11.3 Å². The van der Waals surface area contributed by atoms with E-state index in [-0.39, 0.29) is 11.9 Å². The summed E-state index contributed by atoms with van der Waals surface area (Å²) in [6, 6.07) is 2.05. The monoisotopic (exact) mass is 368 g/mol. The van der Waals surface area contributed by atoms with Gasteiger partial charge in [-0.15, -0.1) is 0 Å². The third kappa shape index (κ3) is 2.51. The van der Waals surface area contributed by atoms with Crippen LogP contribution in [0.1, 0.15) is 36.9 Å². The van der Waals surface area contributed by atoms with E-state index in [9.17, 15) is 4.39 Å². The minimum Gasteiger partial charge on any atom is -0.317 e. The SMILES string of the molecule is Cc1c(F)c(-c2cn3cc(C4CCNCC4)nc3s2)cc2c1=NC(C)C=2. The number of halogens is 1. The molecule has 1 saturated heterocycles. The van der Waals surface area contributed by atoms with Crippen molar-refractivity contribution in [1.82, 2.24) is 14.7 Å². The van der Waals surface area contributed by atoms with Gasteiger partial charge in [0, 0.05) is 29.4 Å². The summed E-state index contributed by atoms with van der Waals surface area (Å²) in [5.41, 5.74) is 2.45. The third-order valence-electron chi connectivity index (χ3n) is 5.45. The summed E-state index contributed by atoms with van der Waals surface area (Å²) in [6.07, 6.45) is 8.49. The van der Waals surface area contributed by atoms with E-state index >= 15 is 0 Å². The molecule has 0 bridgehead atoms. The fourth-order valence-electron chi connectivity index (χ4n) is 4.04. The molecule has 0 saturated carbocycles. The Kier molecular flexibility index (Phi) is 3.72. The van der Waals surface area contributed by atoms with Gasteiger partial charge in [-0.05, 0) is 51.1 Å². The number of thiazole rings is 1. The van der Waals surface area contributed by atoms with E-state index in [1.807, 2.05) is 26.1 Å². The van der Waals surface area contributed by atoms with Crippen LogP contribution in [0, 0.1) is 12.7 Å². The van der Waals surface area contributed by atoms with Crippen molar-refractivity contribution in [1.29, 1.82) is 0 Å². The van der Waals surface area contributed by atoms with E-state index in [0.29, 0.717) is 17.0 Å². The van der Waals surface area contributed by atoms with E-state index in [4.69, 9.17) is 4.98 Å². The van der Waals surface area contributed by atoms with Gasteiger partial charge < -0.3 is 5.32 Å². The smallest absolute Gasteiger partial charge is 0.194 e. The lowest BCUT2D eigenvalue weighted by Crippen LogP contribution is -2.26. The van der Waals surface area contributed by atoms with Gasteiger partial charge in [0.25, 0.3) is 0 Å². The number of imidazole rings is 1. The molecule has 0 aliphatic carbocycles. The summed E-state index contributed by atoms with van der Waals surface area (Å²) in [7, 11) is 0. The highest BCUT2D eigenvalue weighted by Gasteiger charge is 2.21. The first-order chi connectivity index (χ1) is 12.6. The zero-order valence-corrected chi connectivity index (χ0v) is 15.7. The molecule has 134 valence electrons. The second-order valence-corrected chi connectivity index (χ2v) is 8.32. The fourth-order valence-corrected chi connectivity index (χ4v) is 5.02. The first kappa shape index (κ1) is 16.1. The third-order valence-corrected chi connectivity index (χ3v) is 6.48. The molecule has 2 aliphatic rings. The fraction of sp³-hybridized carbons (Fsp3) is 0.400. The number of nitrogens with zero attached hydrogens (tertiary/aromatic N) is 3. The molecule has 0 amide bonds. The number of fused-ring (bicyclic) bond motifs is 2. The van der Waals surface area contributed by atoms with Crippen LogP contribution in [0.4, 0.5) is 4.39 Å². The number of rotatable bonds is 2. The summed E-state index contributed by atoms with van der Waals surface area (Å²) >= 11 is 1.56. The van der Waals surface area contributed by atoms with Gasteiger partial charge >= 0.3 is 0 Å². The van der Waals surface area contributed by atoms with Crippen LogP contribution in [0.3, 0.4) is 0 Å². The summed E-state index contributed by atoms with van der Waals surface area (Å²) in [4.78, 5) is 11.2. The molecule has 1 unspecified atom stereocenters. The van der Waals surface area contributed by atoms with Gasteiger partial charge in [0.05, 0.1) is 22.0 Å². The Morgan fingerprint density at radius 1 is 1.27 bits per heavy atom. The molecule has 1 atom stereocenters. The van der Waals surface area contributed by atoms with E-state index in [0.717, 1.165) is 52.0 Å². The van der Waals surface area contributed by atoms with Crippen LogP contribution in [-0.2, 0) is 0 Å². The van der Waals surface area contributed by atoms with Gasteiger partial charge in [0.2, 0.25) is 0 Å².